The second kappa shape index (κ2) is 6.88. The molecule has 20 heavy (non-hydrogen) atoms. The van der Waals surface area contributed by atoms with Gasteiger partial charge in [-0.2, -0.15) is 0 Å². The monoisotopic (exact) mass is 325 g/mol. The van der Waals surface area contributed by atoms with Crippen LogP contribution in [0.5, 0.6) is 0 Å². The molecule has 0 saturated heterocycles. The number of hydrogen-bond donors (Lipinski definition) is 2. The Bertz CT molecular complexity index is 584. The summed E-state index contributed by atoms with van der Waals surface area (Å²) in [7, 11) is 0. The lowest BCUT2D eigenvalue weighted by Gasteiger charge is -2.17. The highest BCUT2D eigenvalue weighted by molar-refractivity contribution is 7.80. The van der Waals surface area contributed by atoms with Crippen LogP contribution in [-0.2, 0) is 0 Å². The molecule has 2 rings (SSSR count). The molecule has 2 aromatic rings. The Morgan fingerprint density at radius 2 is 1.75 bits per heavy atom. The number of nitrogens with one attached hydrogen (secondary N) is 2. The van der Waals surface area contributed by atoms with Gasteiger partial charge in [-0.25, -0.2) is 0 Å². The highest BCUT2D eigenvalue weighted by Crippen LogP contribution is 2.22. The van der Waals surface area contributed by atoms with Crippen LogP contribution in [0.4, 0.5) is 5.69 Å². The average Bonchev–Trinajstić information content (AvgIpc) is 2.38. The van der Waals surface area contributed by atoms with Crippen molar-refractivity contribution in [3.05, 3.63) is 58.3 Å². The summed E-state index contributed by atoms with van der Waals surface area (Å²) in [6.45, 7) is 2.02. The number of hydrogen-bond acceptors (Lipinski definition) is 2. The molecule has 1 aromatic heterocycles. The lowest BCUT2D eigenvalue weighted by Crippen LogP contribution is -2.30. The maximum atomic E-state index is 5.94. The summed E-state index contributed by atoms with van der Waals surface area (Å²) in [5.41, 5.74) is 1.86. The third-order valence-electron chi connectivity index (χ3n) is 2.67. The molecule has 0 saturated carbocycles. The van der Waals surface area contributed by atoms with Crippen molar-refractivity contribution in [2.75, 3.05) is 5.32 Å². The van der Waals surface area contributed by atoms with E-state index in [1.807, 2.05) is 19.1 Å². The van der Waals surface area contributed by atoms with Crippen molar-refractivity contribution < 1.29 is 0 Å². The Kier molecular flexibility index (Phi) is 5.17. The van der Waals surface area contributed by atoms with Crippen LogP contribution < -0.4 is 10.6 Å². The highest BCUT2D eigenvalue weighted by Gasteiger charge is 2.07. The van der Waals surface area contributed by atoms with E-state index >= 15 is 0 Å². The standard InChI is InChI=1S/C14H13Cl2N3S/c1-9(10-2-4-17-5-3-10)18-14(20)19-13-7-11(15)6-12(16)8-13/h2-9H,1H3,(H2,18,19,20). The topological polar surface area (TPSA) is 37.0 Å². The quantitative estimate of drug-likeness (QED) is 0.818. The smallest absolute Gasteiger partial charge is 0.171 e. The largest absolute Gasteiger partial charge is 0.356 e. The molecule has 0 aliphatic heterocycles. The molecule has 2 N–H and O–H groups in total. The summed E-state index contributed by atoms with van der Waals surface area (Å²) >= 11 is 17.2. The predicted octanol–water partition coefficient (Wildman–Crippen LogP) is 4.44. The van der Waals surface area contributed by atoms with Crippen molar-refractivity contribution in [2.45, 2.75) is 13.0 Å². The third-order valence-corrected chi connectivity index (χ3v) is 3.33. The minimum Gasteiger partial charge on any atom is -0.356 e. The second-order valence-corrected chi connectivity index (χ2v) is 5.54. The molecule has 1 atom stereocenters. The molecule has 0 spiro atoms. The summed E-state index contributed by atoms with van der Waals surface area (Å²) in [6.07, 6.45) is 3.50. The van der Waals surface area contributed by atoms with Gasteiger partial charge >= 0.3 is 0 Å². The van der Waals surface area contributed by atoms with Crippen LogP contribution in [0.1, 0.15) is 18.5 Å². The SMILES string of the molecule is CC(NC(=S)Nc1cc(Cl)cc(Cl)c1)c1ccncc1. The molecule has 0 fully saturated rings. The van der Waals surface area contributed by atoms with E-state index in [-0.39, 0.29) is 6.04 Å². The summed E-state index contributed by atoms with van der Waals surface area (Å²) in [6, 6.07) is 9.15. The molecule has 1 unspecified atom stereocenters. The Balaban J connectivity index is 1.99. The minimum absolute atomic E-state index is 0.0765. The molecule has 1 heterocycles. The van der Waals surface area contributed by atoms with Gasteiger partial charge in [-0.15, -0.1) is 0 Å². The summed E-state index contributed by atoms with van der Waals surface area (Å²) in [5, 5.41) is 7.88. The Hall–Kier alpha value is -1.36. The average molecular weight is 326 g/mol. The van der Waals surface area contributed by atoms with Gasteiger partial charge in [0, 0.05) is 28.1 Å². The molecule has 0 aliphatic carbocycles. The van der Waals surface area contributed by atoms with Gasteiger partial charge in [0.25, 0.3) is 0 Å². The summed E-state index contributed by atoms with van der Waals surface area (Å²) in [5.74, 6) is 0. The van der Waals surface area contributed by atoms with Crippen LogP contribution in [0.25, 0.3) is 0 Å². The number of rotatable bonds is 3. The van der Waals surface area contributed by atoms with Gasteiger partial charge in [0.15, 0.2) is 5.11 Å². The van der Waals surface area contributed by atoms with Crippen LogP contribution in [0.2, 0.25) is 10.0 Å². The first-order valence-electron chi connectivity index (χ1n) is 5.98. The first-order valence-corrected chi connectivity index (χ1v) is 7.14. The molecule has 6 heteroatoms. The van der Waals surface area contributed by atoms with Gasteiger partial charge in [-0.1, -0.05) is 23.2 Å². The number of pyridine rings is 1. The molecule has 0 radical (unpaired) electrons. The zero-order valence-electron chi connectivity index (χ0n) is 10.7. The van der Waals surface area contributed by atoms with Crippen molar-refractivity contribution >= 4 is 46.2 Å². The van der Waals surface area contributed by atoms with Crippen LogP contribution in [0.15, 0.2) is 42.7 Å². The van der Waals surface area contributed by atoms with Crippen LogP contribution in [0, 0.1) is 0 Å². The Morgan fingerprint density at radius 1 is 1.15 bits per heavy atom. The maximum Gasteiger partial charge on any atom is 0.171 e. The van der Waals surface area contributed by atoms with E-state index in [9.17, 15) is 0 Å². The normalized spacial score (nSPS) is 11.8. The van der Waals surface area contributed by atoms with Gasteiger partial charge in [-0.3, -0.25) is 4.98 Å². The van der Waals surface area contributed by atoms with Crippen molar-refractivity contribution in [3.63, 3.8) is 0 Å². The fourth-order valence-corrected chi connectivity index (χ4v) is 2.55. The lowest BCUT2D eigenvalue weighted by molar-refractivity contribution is 0.721. The predicted molar refractivity (Wildman–Crippen MR) is 88.5 cm³/mol. The Morgan fingerprint density at radius 3 is 2.35 bits per heavy atom. The second-order valence-electron chi connectivity index (χ2n) is 4.26. The number of aromatic nitrogens is 1. The number of halogens is 2. The van der Waals surface area contributed by atoms with E-state index in [0.29, 0.717) is 15.2 Å². The maximum absolute atomic E-state index is 5.94. The van der Waals surface area contributed by atoms with Crippen molar-refractivity contribution in [1.82, 2.24) is 10.3 Å². The molecule has 0 bridgehead atoms. The molecule has 104 valence electrons. The number of anilines is 1. The van der Waals surface area contributed by atoms with E-state index in [0.717, 1.165) is 11.3 Å². The van der Waals surface area contributed by atoms with Gasteiger partial charge in [0.2, 0.25) is 0 Å². The van der Waals surface area contributed by atoms with E-state index in [2.05, 4.69) is 15.6 Å². The van der Waals surface area contributed by atoms with Crippen LogP contribution >= 0.6 is 35.4 Å². The fraction of sp³-hybridized carbons (Fsp3) is 0.143. The van der Waals surface area contributed by atoms with Gasteiger partial charge in [0.05, 0.1) is 6.04 Å². The first kappa shape index (κ1) is 15.0. The van der Waals surface area contributed by atoms with E-state index in [1.165, 1.54) is 0 Å². The van der Waals surface area contributed by atoms with Crippen molar-refractivity contribution in [1.29, 1.82) is 0 Å². The molecule has 0 amide bonds. The summed E-state index contributed by atoms with van der Waals surface area (Å²) in [4.78, 5) is 3.99. The zero-order chi connectivity index (χ0) is 14.5. The summed E-state index contributed by atoms with van der Waals surface area (Å²) < 4.78 is 0. The number of thiocarbonyl (C=S) groups is 1. The minimum atomic E-state index is 0.0765. The molecular formula is C14H13Cl2N3S. The van der Waals surface area contributed by atoms with Crippen molar-refractivity contribution in [2.24, 2.45) is 0 Å². The fourth-order valence-electron chi connectivity index (χ4n) is 1.73. The third kappa shape index (κ3) is 4.34. The van der Waals surface area contributed by atoms with Gasteiger partial charge in [0.1, 0.15) is 0 Å². The number of nitrogens with zero attached hydrogens (tertiary/aromatic N) is 1. The van der Waals surface area contributed by atoms with E-state index in [4.69, 9.17) is 35.4 Å². The molecule has 0 aliphatic rings. The molecule has 3 nitrogen and oxygen atoms in total. The van der Waals surface area contributed by atoms with Crippen molar-refractivity contribution in [3.8, 4) is 0 Å². The van der Waals surface area contributed by atoms with Gasteiger partial charge in [-0.05, 0) is 55.0 Å². The van der Waals surface area contributed by atoms with Gasteiger partial charge < -0.3 is 10.6 Å². The highest BCUT2D eigenvalue weighted by atomic mass is 35.5. The molecule has 1 aromatic carbocycles. The number of benzene rings is 1. The Labute approximate surface area is 133 Å². The molecular weight excluding hydrogens is 313 g/mol. The first-order chi connectivity index (χ1) is 9.54. The lowest BCUT2D eigenvalue weighted by atomic mass is 10.1. The van der Waals surface area contributed by atoms with Crippen LogP contribution in [-0.4, -0.2) is 10.1 Å². The van der Waals surface area contributed by atoms with E-state index in [1.54, 1.807) is 30.6 Å². The van der Waals surface area contributed by atoms with E-state index < -0.39 is 0 Å². The zero-order valence-corrected chi connectivity index (χ0v) is 13.1. The van der Waals surface area contributed by atoms with Crippen LogP contribution in [0.3, 0.4) is 0 Å².